The first-order valence-electron chi connectivity index (χ1n) is 8.50. The lowest BCUT2D eigenvalue weighted by atomic mass is 10.0. The number of aryl methyl sites for hydroxylation is 3. The van der Waals surface area contributed by atoms with Crippen molar-refractivity contribution in [1.29, 1.82) is 0 Å². The Morgan fingerprint density at radius 1 is 1.19 bits per heavy atom. The summed E-state index contributed by atoms with van der Waals surface area (Å²) in [6, 6.07) is 6.16. The van der Waals surface area contributed by atoms with E-state index in [1.807, 2.05) is 40.0 Å². The van der Waals surface area contributed by atoms with Gasteiger partial charge < -0.3 is 10.4 Å². The molecule has 27 heavy (non-hydrogen) atoms. The first kappa shape index (κ1) is 20.5. The maximum absolute atomic E-state index is 12.0. The Morgan fingerprint density at radius 2 is 1.85 bits per heavy atom. The number of aromatic nitrogens is 2. The van der Waals surface area contributed by atoms with Gasteiger partial charge >= 0.3 is 0 Å². The number of carboxylic acid groups (broad SMARTS) is 1. The summed E-state index contributed by atoms with van der Waals surface area (Å²) in [6.07, 6.45) is 1.86. The van der Waals surface area contributed by atoms with Gasteiger partial charge in [-0.15, -0.1) is 11.3 Å². The van der Waals surface area contributed by atoms with Crippen LogP contribution in [-0.2, 0) is 9.59 Å². The van der Waals surface area contributed by atoms with Crippen LogP contribution in [0.15, 0.2) is 24.4 Å². The summed E-state index contributed by atoms with van der Waals surface area (Å²) >= 11 is 1.64. The molecule has 142 valence electrons. The van der Waals surface area contributed by atoms with E-state index in [4.69, 9.17) is 14.9 Å². The van der Waals surface area contributed by atoms with Crippen LogP contribution in [0.5, 0.6) is 0 Å². The number of pyridine rings is 1. The SMILES string of the molecule is Cc1ncc(-c2cc(C)c3cc(C)c(NC(=O)C(C)C)cc3n2)s1.O=CO. The van der Waals surface area contributed by atoms with Crippen molar-refractivity contribution in [2.45, 2.75) is 34.6 Å². The summed E-state index contributed by atoms with van der Waals surface area (Å²) in [7, 11) is 0. The third-order valence-electron chi connectivity index (χ3n) is 4.02. The zero-order valence-electron chi connectivity index (χ0n) is 16.0. The maximum Gasteiger partial charge on any atom is 0.290 e. The number of nitrogens with zero attached hydrogens (tertiary/aromatic N) is 2. The minimum absolute atomic E-state index is 0.0170. The zero-order valence-corrected chi connectivity index (χ0v) is 16.8. The Morgan fingerprint density at radius 3 is 2.41 bits per heavy atom. The third-order valence-corrected chi connectivity index (χ3v) is 4.95. The molecule has 3 aromatic rings. The number of amides is 1. The first-order valence-corrected chi connectivity index (χ1v) is 9.32. The van der Waals surface area contributed by atoms with Crippen LogP contribution in [0.4, 0.5) is 5.69 Å². The average molecular weight is 385 g/mol. The normalized spacial score (nSPS) is 10.4. The van der Waals surface area contributed by atoms with Crippen LogP contribution < -0.4 is 5.32 Å². The molecule has 0 aliphatic carbocycles. The summed E-state index contributed by atoms with van der Waals surface area (Å²) in [6.45, 7) is 9.62. The molecular weight excluding hydrogens is 362 g/mol. The number of carbonyl (C=O) groups excluding carboxylic acids is 1. The summed E-state index contributed by atoms with van der Waals surface area (Å²) in [5, 5.41) is 12.0. The largest absolute Gasteiger partial charge is 0.483 e. The molecule has 0 spiro atoms. The van der Waals surface area contributed by atoms with Gasteiger partial charge in [0.15, 0.2) is 0 Å². The van der Waals surface area contributed by atoms with Crippen molar-refractivity contribution in [3.05, 3.63) is 40.5 Å². The number of hydrogen-bond donors (Lipinski definition) is 2. The van der Waals surface area contributed by atoms with Crippen LogP contribution in [0.2, 0.25) is 0 Å². The molecule has 1 amide bonds. The number of rotatable bonds is 3. The number of carbonyl (C=O) groups is 2. The van der Waals surface area contributed by atoms with E-state index >= 15 is 0 Å². The molecule has 0 fully saturated rings. The van der Waals surface area contributed by atoms with Crippen molar-refractivity contribution in [2.24, 2.45) is 5.92 Å². The second kappa shape index (κ2) is 8.73. The fourth-order valence-corrected chi connectivity index (χ4v) is 3.31. The summed E-state index contributed by atoms with van der Waals surface area (Å²) in [5.41, 5.74) is 4.86. The van der Waals surface area contributed by atoms with E-state index in [-0.39, 0.29) is 18.3 Å². The number of thiazole rings is 1. The van der Waals surface area contributed by atoms with Gasteiger partial charge in [-0.05, 0) is 50.1 Å². The lowest BCUT2D eigenvalue weighted by molar-refractivity contribution is -0.123. The van der Waals surface area contributed by atoms with Gasteiger partial charge in [-0.3, -0.25) is 9.59 Å². The molecule has 0 bridgehead atoms. The van der Waals surface area contributed by atoms with Crippen LogP contribution in [0.3, 0.4) is 0 Å². The average Bonchev–Trinajstić information content (AvgIpc) is 3.03. The Balaban J connectivity index is 0.000000817. The molecule has 0 unspecified atom stereocenters. The van der Waals surface area contributed by atoms with Gasteiger partial charge in [0.1, 0.15) is 0 Å². The van der Waals surface area contributed by atoms with E-state index in [2.05, 4.69) is 29.4 Å². The number of benzene rings is 1. The molecule has 0 atom stereocenters. The number of hydrogen-bond acceptors (Lipinski definition) is 5. The quantitative estimate of drug-likeness (QED) is 0.644. The molecule has 0 aliphatic heterocycles. The van der Waals surface area contributed by atoms with Crippen LogP contribution in [0.1, 0.15) is 30.0 Å². The second-order valence-electron chi connectivity index (χ2n) is 6.50. The molecule has 7 heteroatoms. The standard InChI is InChI=1S/C19H21N3OS.CH2O2/c1-10(2)19(23)22-15-8-16-14(6-12(15)4)11(3)7-17(21-16)18-9-20-13(5)24-18;2-1-3/h6-10H,1-5H3,(H,22,23);1H,(H,2,3). The Hall–Kier alpha value is -2.80. The van der Waals surface area contributed by atoms with Gasteiger partial charge in [-0.1, -0.05) is 13.8 Å². The number of nitrogens with one attached hydrogen (secondary N) is 1. The summed E-state index contributed by atoms with van der Waals surface area (Å²) in [4.78, 5) is 30.5. The summed E-state index contributed by atoms with van der Waals surface area (Å²) in [5.74, 6) is -0.0373. The minimum atomic E-state index is -0.250. The van der Waals surface area contributed by atoms with Gasteiger partial charge in [0.2, 0.25) is 5.91 Å². The zero-order chi connectivity index (χ0) is 20.1. The minimum Gasteiger partial charge on any atom is -0.483 e. The van der Waals surface area contributed by atoms with E-state index in [0.29, 0.717) is 0 Å². The fourth-order valence-electron chi connectivity index (χ4n) is 2.57. The molecule has 3 rings (SSSR count). The molecule has 6 nitrogen and oxygen atoms in total. The summed E-state index contributed by atoms with van der Waals surface area (Å²) < 4.78 is 0. The molecule has 2 N–H and O–H groups in total. The molecule has 2 aromatic heterocycles. The molecule has 0 aliphatic rings. The first-order chi connectivity index (χ1) is 12.8. The number of anilines is 1. The van der Waals surface area contributed by atoms with Gasteiger partial charge in [-0.25, -0.2) is 9.97 Å². The highest BCUT2D eigenvalue weighted by atomic mass is 32.1. The van der Waals surface area contributed by atoms with E-state index in [1.54, 1.807) is 11.3 Å². The van der Waals surface area contributed by atoms with Crippen molar-refractivity contribution < 1.29 is 14.7 Å². The van der Waals surface area contributed by atoms with Crippen LogP contribution in [-0.4, -0.2) is 27.5 Å². The highest BCUT2D eigenvalue weighted by Crippen LogP contribution is 2.31. The van der Waals surface area contributed by atoms with Crippen molar-refractivity contribution >= 4 is 40.3 Å². The van der Waals surface area contributed by atoms with Gasteiger partial charge in [0, 0.05) is 23.2 Å². The van der Waals surface area contributed by atoms with Crippen molar-refractivity contribution in [3.63, 3.8) is 0 Å². The smallest absolute Gasteiger partial charge is 0.290 e. The van der Waals surface area contributed by atoms with Crippen LogP contribution >= 0.6 is 11.3 Å². The van der Waals surface area contributed by atoms with E-state index in [0.717, 1.165) is 37.7 Å². The van der Waals surface area contributed by atoms with Crippen LogP contribution in [0, 0.1) is 26.7 Å². The van der Waals surface area contributed by atoms with E-state index in [9.17, 15) is 4.79 Å². The van der Waals surface area contributed by atoms with Crippen molar-refractivity contribution in [3.8, 4) is 10.6 Å². The second-order valence-corrected chi connectivity index (χ2v) is 7.74. The van der Waals surface area contributed by atoms with Gasteiger partial charge in [-0.2, -0.15) is 0 Å². The van der Waals surface area contributed by atoms with E-state index < -0.39 is 0 Å². The van der Waals surface area contributed by atoms with Gasteiger partial charge in [0.25, 0.3) is 6.47 Å². The topological polar surface area (TPSA) is 92.2 Å². The van der Waals surface area contributed by atoms with E-state index in [1.165, 1.54) is 5.56 Å². The van der Waals surface area contributed by atoms with Crippen molar-refractivity contribution in [1.82, 2.24) is 9.97 Å². The Kier molecular flexibility index (Phi) is 6.63. The molecule has 1 aromatic carbocycles. The lowest BCUT2D eigenvalue weighted by Gasteiger charge is -2.13. The highest BCUT2D eigenvalue weighted by Gasteiger charge is 2.13. The molecule has 0 saturated carbocycles. The van der Waals surface area contributed by atoms with Crippen molar-refractivity contribution in [2.75, 3.05) is 5.32 Å². The monoisotopic (exact) mass is 385 g/mol. The molecule has 0 saturated heterocycles. The predicted octanol–water partition coefficient (Wildman–Crippen LogP) is 4.58. The lowest BCUT2D eigenvalue weighted by Crippen LogP contribution is -2.18. The number of fused-ring (bicyclic) bond motifs is 1. The Bertz CT molecular complexity index is 980. The Labute approximate surface area is 162 Å². The highest BCUT2D eigenvalue weighted by molar-refractivity contribution is 7.15. The third kappa shape index (κ3) is 4.89. The fraction of sp³-hybridized carbons (Fsp3) is 0.300. The molecule has 0 radical (unpaired) electrons. The molecule has 2 heterocycles. The van der Waals surface area contributed by atoms with Crippen LogP contribution in [0.25, 0.3) is 21.5 Å². The van der Waals surface area contributed by atoms with Gasteiger partial charge in [0.05, 0.1) is 21.1 Å². The maximum atomic E-state index is 12.0. The predicted molar refractivity (Wildman–Crippen MR) is 109 cm³/mol. The molecular formula is C20H23N3O3S.